The molecule has 0 aromatic heterocycles. The third kappa shape index (κ3) is 14.2. The molecule has 15 nitrogen and oxygen atoms in total. The summed E-state index contributed by atoms with van der Waals surface area (Å²) in [6, 6.07) is 3.55. The van der Waals surface area contributed by atoms with Crippen molar-refractivity contribution < 1.29 is 53.9 Å². The SMILES string of the molecule is COC(=O)C[C@H](NC(=O)[C@@H](O)[C@H](O)[C@H](O)[C@H](CO)NC(=O)[C@H](CC(C)C)NC(=O)[C@@H](NC(=O)OC(C)(C)C)C(C)C)c1ccccc1. The molecule has 0 fully saturated rings. The zero-order valence-corrected chi connectivity index (χ0v) is 28.4. The zero-order chi connectivity index (χ0) is 36.1. The molecule has 8 N–H and O–H groups in total. The van der Waals surface area contributed by atoms with Crippen LogP contribution < -0.4 is 21.3 Å². The van der Waals surface area contributed by atoms with Crippen molar-refractivity contribution in [2.24, 2.45) is 11.8 Å². The highest BCUT2D eigenvalue weighted by Gasteiger charge is 2.38. The molecule has 0 aliphatic rings. The smallest absolute Gasteiger partial charge is 0.408 e. The lowest BCUT2D eigenvalue weighted by molar-refractivity contribution is -0.145. The number of alkyl carbamates (subject to hydrolysis) is 1. The molecule has 0 aliphatic carbocycles. The Bertz CT molecular complexity index is 1170. The molecule has 47 heavy (non-hydrogen) atoms. The van der Waals surface area contributed by atoms with E-state index in [0.29, 0.717) is 5.56 Å². The molecule has 0 radical (unpaired) electrons. The lowest BCUT2D eigenvalue weighted by Crippen LogP contribution is -2.60. The minimum Gasteiger partial charge on any atom is -0.469 e. The Morgan fingerprint density at radius 1 is 0.809 bits per heavy atom. The minimum atomic E-state index is -2.24. The van der Waals surface area contributed by atoms with Crippen LogP contribution in [0.25, 0.3) is 0 Å². The second kappa shape index (κ2) is 19.1. The summed E-state index contributed by atoms with van der Waals surface area (Å²) >= 11 is 0. The standard InChI is InChI=1S/C32H52N4O11/c1-17(2)14-21(34-29(43)24(18(3)4)36-31(45)47-32(5,6)7)28(42)35-22(16-37)25(39)26(40)27(41)30(44)33-20(15-23(38)46-8)19-12-10-9-11-13-19/h9-13,17-18,20-22,24-27,37,39-41H,14-16H2,1-8H3,(H,33,44)(H,34,43)(H,35,42)(H,36,45)/t20-,21-,22-,24-,25+,26+,27-/m0/s1. The van der Waals surface area contributed by atoms with Gasteiger partial charge in [-0.15, -0.1) is 0 Å². The van der Waals surface area contributed by atoms with Gasteiger partial charge in [0.2, 0.25) is 11.8 Å². The van der Waals surface area contributed by atoms with Gasteiger partial charge in [0.05, 0.1) is 32.2 Å². The Morgan fingerprint density at radius 3 is 1.89 bits per heavy atom. The second-order valence-electron chi connectivity index (χ2n) is 13.0. The van der Waals surface area contributed by atoms with E-state index in [0.717, 1.165) is 0 Å². The van der Waals surface area contributed by atoms with Crippen molar-refractivity contribution in [3.8, 4) is 0 Å². The number of rotatable bonds is 17. The number of carbonyl (C=O) groups excluding carboxylic acids is 5. The summed E-state index contributed by atoms with van der Waals surface area (Å²) in [5, 5.41) is 51.9. The van der Waals surface area contributed by atoms with Gasteiger partial charge in [-0.25, -0.2) is 4.79 Å². The molecule has 4 amide bonds. The van der Waals surface area contributed by atoms with Crippen LogP contribution in [-0.2, 0) is 28.7 Å². The third-order valence-corrected chi connectivity index (χ3v) is 6.96. The van der Waals surface area contributed by atoms with E-state index < -0.39 is 90.4 Å². The van der Waals surface area contributed by atoms with Crippen LogP contribution in [0.15, 0.2) is 30.3 Å². The molecule has 0 spiro atoms. The van der Waals surface area contributed by atoms with Crippen molar-refractivity contribution in [3.05, 3.63) is 35.9 Å². The van der Waals surface area contributed by atoms with Crippen LogP contribution in [0.5, 0.6) is 0 Å². The van der Waals surface area contributed by atoms with Crippen molar-refractivity contribution >= 4 is 29.8 Å². The first kappa shape index (κ1) is 41.2. The van der Waals surface area contributed by atoms with Gasteiger partial charge in [-0.05, 0) is 44.6 Å². The number of aliphatic hydroxyl groups is 4. The van der Waals surface area contributed by atoms with E-state index in [2.05, 4.69) is 26.0 Å². The van der Waals surface area contributed by atoms with Crippen LogP contribution in [0.2, 0.25) is 0 Å². The predicted molar refractivity (Wildman–Crippen MR) is 170 cm³/mol. The van der Waals surface area contributed by atoms with Crippen molar-refractivity contribution in [1.29, 1.82) is 0 Å². The number of ether oxygens (including phenoxy) is 2. The van der Waals surface area contributed by atoms with Gasteiger partial charge in [0.25, 0.3) is 5.91 Å². The Labute approximate surface area is 275 Å². The monoisotopic (exact) mass is 668 g/mol. The van der Waals surface area contributed by atoms with E-state index in [9.17, 15) is 44.4 Å². The lowest BCUT2D eigenvalue weighted by Gasteiger charge is -2.31. The summed E-state index contributed by atoms with van der Waals surface area (Å²) in [5.41, 5.74) is -0.304. The molecule has 266 valence electrons. The van der Waals surface area contributed by atoms with E-state index in [1.54, 1.807) is 78.8 Å². The molecule has 0 bridgehead atoms. The van der Waals surface area contributed by atoms with Gasteiger partial charge >= 0.3 is 12.1 Å². The van der Waals surface area contributed by atoms with Crippen molar-refractivity contribution in [2.45, 2.75) is 109 Å². The van der Waals surface area contributed by atoms with Gasteiger partial charge in [0.15, 0.2) is 6.10 Å². The normalized spacial score (nSPS) is 16.1. The average molecular weight is 669 g/mol. The number of hydrogen-bond acceptors (Lipinski definition) is 11. The summed E-state index contributed by atoms with van der Waals surface area (Å²) in [4.78, 5) is 63.7. The van der Waals surface area contributed by atoms with Gasteiger partial charge < -0.3 is 51.2 Å². The Balaban J connectivity index is 3.05. The first-order valence-corrected chi connectivity index (χ1v) is 15.5. The van der Waals surface area contributed by atoms with Crippen LogP contribution in [0, 0.1) is 11.8 Å². The predicted octanol–water partition coefficient (Wildman–Crippen LogP) is 0.0470. The van der Waals surface area contributed by atoms with Gasteiger partial charge in [-0.1, -0.05) is 58.0 Å². The molecular formula is C32H52N4O11. The summed E-state index contributed by atoms with van der Waals surface area (Å²) < 4.78 is 9.92. The number of amides is 4. The Kier molecular flexibility index (Phi) is 16.8. The Morgan fingerprint density at radius 2 is 1.40 bits per heavy atom. The van der Waals surface area contributed by atoms with Crippen LogP contribution in [0.1, 0.15) is 72.9 Å². The summed E-state index contributed by atoms with van der Waals surface area (Å²) in [7, 11) is 1.17. The van der Waals surface area contributed by atoms with E-state index >= 15 is 0 Å². The van der Waals surface area contributed by atoms with E-state index in [1.165, 1.54) is 7.11 Å². The molecule has 0 heterocycles. The van der Waals surface area contributed by atoms with Crippen LogP contribution >= 0.6 is 0 Å². The molecule has 0 unspecified atom stereocenters. The topological polar surface area (TPSA) is 233 Å². The van der Waals surface area contributed by atoms with E-state index in [4.69, 9.17) is 4.74 Å². The van der Waals surface area contributed by atoms with Crippen LogP contribution in [0.3, 0.4) is 0 Å². The van der Waals surface area contributed by atoms with E-state index in [1.807, 2.05) is 0 Å². The minimum absolute atomic E-state index is 0.112. The molecule has 15 heteroatoms. The highest BCUT2D eigenvalue weighted by atomic mass is 16.6. The fourth-order valence-corrected chi connectivity index (χ4v) is 4.48. The molecule has 0 saturated heterocycles. The third-order valence-electron chi connectivity index (χ3n) is 6.96. The van der Waals surface area contributed by atoms with Crippen molar-refractivity contribution in [1.82, 2.24) is 21.3 Å². The number of esters is 1. The van der Waals surface area contributed by atoms with Gasteiger partial charge in [-0.2, -0.15) is 0 Å². The molecular weight excluding hydrogens is 616 g/mol. The molecule has 7 atom stereocenters. The maximum Gasteiger partial charge on any atom is 0.408 e. The van der Waals surface area contributed by atoms with Gasteiger partial charge in [0.1, 0.15) is 29.9 Å². The lowest BCUT2D eigenvalue weighted by atomic mass is 9.97. The van der Waals surface area contributed by atoms with Gasteiger partial charge in [0, 0.05) is 0 Å². The number of nitrogens with one attached hydrogen (secondary N) is 4. The average Bonchev–Trinajstić information content (AvgIpc) is 2.99. The van der Waals surface area contributed by atoms with E-state index in [-0.39, 0.29) is 18.8 Å². The first-order chi connectivity index (χ1) is 21.8. The highest BCUT2D eigenvalue weighted by molar-refractivity contribution is 5.91. The second-order valence-corrected chi connectivity index (χ2v) is 13.0. The number of benzene rings is 1. The first-order valence-electron chi connectivity index (χ1n) is 15.5. The zero-order valence-electron chi connectivity index (χ0n) is 28.4. The van der Waals surface area contributed by atoms with Crippen LogP contribution in [0.4, 0.5) is 4.79 Å². The number of carbonyl (C=O) groups is 5. The maximum absolute atomic E-state index is 13.3. The largest absolute Gasteiger partial charge is 0.469 e. The molecule has 1 aromatic rings. The Hall–Kier alpha value is -3.79. The maximum atomic E-state index is 13.3. The summed E-state index contributed by atoms with van der Waals surface area (Å²) in [6.07, 6.45) is -7.47. The summed E-state index contributed by atoms with van der Waals surface area (Å²) in [6.45, 7) is 11.1. The molecule has 1 rings (SSSR count). The molecule has 1 aromatic carbocycles. The number of aliphatic hydroxyl groups excluding tert-OH is 4. The fourth-order valence-electron chi connectivity index (χ4n) is 4.48. The molecule has 0 aliphatic heterocycles. The summed E-state index contributed by atoms with van der Waals surface area (Å²) in [5.74, 6) is -3.81. The van der Waals surface area contributed by atoms with Crippen molar-refractivity contribution in [2.75, 3.05) is 13.7 Å². The molecule has 0 saturated carbocycles. The van der Waals surface area contributed by atoms with Crippen LogP contribution in [-0.4, -0.2) is 106 Å². The van der Waals surface area contributed by atoms with Crippen molar-refractivity contribution in [3.63, 3.8) is 0 Å². The number of hydrogen-bond donors (Lipinski definition) is 8. The highest BCUT2D eigenvalue weighted by Crippen LogP contribution is 2.18. The fraction of sp³-hybridized carbons (Fsp3) is 0.656. The quantitative estimate of drug-likeness (QED) is 0.103. The number of methoxy groups -OCH3 is 1. The van der Waals surface area contributed by atoms with Gasteiger partial charge in [-0.3, -0.25) is 19.2 Å².